The van der Waals surface area contributed by atoms with Crippen LogP contribution in [0.1, 0.15) is 43.2 Å². The van der Waals surface area contributed by atoms with E-state index in [9.17, 15) is 14.9 Å². The van der Waals surface area contributed by atoms with Gasteiger partial charge in [-0.3, -0.25) is 9.59 Å². The highest BCUT2D eigenvalue weighted by molar-refractivity contribution is 8.00. The Morgan fingerprint density at radius 2 is 1.96 bits per heavy atom. The van der Waals surface area contributed by atoms with Crippen molar-refractivity contribution in [1.29, 1.82) is 5.26 Å². The molecule has 2 rings (SSSR count). The van der Waals surface area contributed by atoms with Crippen molar-refractivity contribution in [2.45, 2.75) is 56.4 Å². The smallest absolute Gasteiger partial charge is 0.316 e. The van der Waals surface area contributed by atoms with Crippen molar-refractivity contribution >= 4 is 23.6 Å². The summed E-state index contributed by atoms with van der Waals surface area (Å²) in [6, 6.07) is 8.36. The number of amides is 1. The highest BCUT2D eigenvalue weighted by Gasteiger charge is 2.38. The zero-order chi connectivity index (χ0) is 19.2. The Kier molecular flexibility index (Phi) is 7.10. The van der Waals surface area contributed by atoms with Crippen molar-refractivity contribution in [2.24, 2.45) is 0 Å². The molecular formula is C20H26N2O3S. The van der Waals surface area contributed by atoms with Crippen molar-refractivity contribution in [3.63, 3.8) is 0 Å². The van der Waals surface area contributed by atoms with Crippen LogP contribution in [0.5, 0.6) is 0 Å². The van der Waals surface area contributed by atoms with Gasteiger partial charge in [0.05, 0.1) is 11.8 Å². The van der Waals surface area contributed by atoms with Gasteiger partial charge in [-0.25, -0.2) is 0 Å². The summed E-state index contributed by atoms with van der Waals surface area (Å²) in [5, 5.41) is 9.54. The third-order valence-electron chi connectivity index (χ3n) is 4.94. The predicted octanol–water partition coefficient (Wildman–Crippen LogP) is 3.62. The molecule has 1 saturated carbocycles. The van der Waals surface area contributed by atoms with Crippen molar-refractivity contribution in [1.82, 2.24) is 4.90 Å². The number of aryl methyl sites for hydroxylation is 2. The number of carbonyl (C=O) groups is 2. The lowest BCUT2D eigenvalue weighted by molar-refractivity contribution is -0.151. The number of benzene rings is 1. The minimum atomic E-state index is -0.754. The zero-order valence-corrected chi connectivity index (χ0v) is 16.5. The molecule has 0 atom stereocenters. The summed E-state index contributed by atoms with van der Waals surface area (Å²) in [6.45, 7) is 3.72. The number of nitriles is 1. The highest BCUT2D eigenvalue weighted by Crippen LogP contribution is 2.32. The number of rotatable bonds is 6. The highest BCUT2D eigenvalue weighted by atomic mass is 32.2. The van der Waals surface area contributed by atoms with Gasteiger partial charge in [0.1, 0.15) is 5.54 Å². The topological polar surface area (TPSA) is 70.4 Å². The first kappa shape index (κ1) is 20.3. The molecule has 0 radical (unpaired) electrons. The van der Waals surface area contributed by atoms with Crippen LogP contribution in [0.2, 0.25) is 0 Å². The van der Waals surface area contributed by atoms with Crippen molar-refractivity contribution in [3.05, 3.63) is 29.3 Å². The normalized spacial score (nSPS) is 15.8. The maximum atomic E-state index is 12.4. The molecule has 0 aliphatic heterocycles. The van der Waals surface area contributed by atoms with Crippen LogP contribution in [-0.4, -0.2) is 41.7 Å². The Morgan fingerprint density at radius 1 is 1.27 bits per heavy atom. The standard InChI is InChI=1S/C20H26N2O3S/c1-15-7-8-17(16(2)11-15)26-13-19(24)25-12-18(23)22(3)20(14-21)9-5-4-6-10-20/h7-8,11H,4-6,9-10,12-13H2,1-3H3. The van der Waals surface area contributed by atoms with Crippen LogP contribution in [-0.2, 0) is 14.3 Å². The molecule has 0 N–H and O–H groups in total. The molecule has 1 aliphatic rings. The summed E-state index contributed by atoms with van der Waals surface area (Å²) in [5.74, 6) is -0.589. The second-order valence-electron chi connectivity index (χ2n) is 6.88. The molecule has 0 bridgehead atoms. The Hall–Kier alpha value is -2.00. The van der Waals surface area contributed by atoms with Gasteiger partial charge in [-0.1, -0.05) is 37.0 Å². The average Bonchev–Trinajstić information content (AvgIpc) is 2.65. The van der Waals surface area contributed by atoms with Gasteiger partial charge in [-0.15, -0.1) is 11.8 Å². The molecule has 0 heterocycles. The molecule has 6 heteroatoms. The van der Waals surface area contributed by atoms with E-state index in [1.807, 2.05) is 26.0 Å². The van der Waals surface area contributed by atoms with E-state index in [-0.39, 0.29) is 18.3 Å². The largest absolute Gasteiger partial charge is 0.455 e. The number of likely N-dealkylation sites (N-methyl/N-ethyl adjacent to an activating group) is 1. The first-order valence-corrected chi connectivity index (χ1v) is 9.90. The molecule has 1 amide bonds. The summed E-state index contributed by atoms with van der Waals surface area (Å²) in [4.78, 5) is 26.8. The third-order valence-corrected chi connectivity index (χ3v) is 6.09. The number of ether oxygens (including phenoxy) is 1. The maximum Gasteiger partial charge on any atom is 0.316 e. The molecule has 5 nitrogen and oxygen atoms in total. The van der Waals surface area contributed by atoms with Gasteiger partial charge in [0.2, 0.25) is 0 Å². The molecule has 26 heavy (non-hydrogen) atoms. The van der Waals surface area contributed by atoms with E-state index in [2.05, 4.69) is 12.1 Å². The van der Waals surface area contributed by atoms with Crippen LogP contribution < -0.4 is 0 Å². The second kappa shape index (κ2) is 9.09. The van der Waals surface area contributed by atoms with Crippen LogP contribution in [0, 0.1) is 25.2 Å². The third kappa shape index (κ3) is 5.01. The van der Waals surface area contributed by atoms with E-state index >= 15 is 0 Å². The molecule has 1 fully saturated rings. The number of hydrogen-bond donors (Lipinski definition) is 0. The van der Waals surface area contributed by atoms with E-state index in [4.69, 9.17) is 4.74 Å². The fourth-order valence-corrected chi connectivity index (χ4v) is 4.08. The molecule has 0 aromatic heterocycles. The second-order valence-corrected chi connectivity index (χ2v) is 7.89. The summed E-state index contributed by atoms with van der Waals surface area (Å²) < 4.78 is 5.13. The zero-order valence-electron chi connectivity index (χ0n) is 15.7. The number of nitrogens with zero attached hydrogens (tertiary/aromatic N) is 2. The summed E-state index contributed by atoms with van der Waals surface area (Å²) in [6.07, 6.45) is 4.34. The van der Waals surface area contributed by atoms with Gasteiger partial charge >= 0.3 is 5.97 Å². The van der Waals surface area contributed by atoms with Crippen LogP contribution in [0.25, 0.3) is 0 Å². The molecule has 0 unspecified atom stereocenters. The van der Waals surface area contributed by atoms with E-state index in [0.717, 1.165) is 29.7 Å². The molecule has 0 spiro atoms. The Bertz CT molecular complexity index is 705. The minimum Gasteiger partial charge on any atom is -0.455 e. The van der Waals surface area contributed by atoms with Crippen LogP contribution in [0.4, 0.5) is 0 Å². The lowest BCUT2D eigenvalue weighted by Gasteiger charge is -2.38. The fourth-order valence-electron chi connectivity index (χ4n) is 3.28. The number of esters is 1. The molecule has 1 aromatic rings. The lowest BCUT2D eigenvalue weighted by atomic mass is 9.81. The van der Waals surface area contributed by atoms with E-state index in [1.165, 1.54) is 22.2 Å². The summed E-state index contributed by atoms with van der Waals surface area (Å²) in [7, 11) is 1.63. The Morgan fingerprint density at radius 3 is 2.58 bits per heavy atom. The Labute approximate surface area is 159 Å². The van der Waals surface area contributed by atoms with Crippen LogP contribution in [0.15, 0.2) is 23.1 Å². The van der Waals surface area contributed by atoms with Crippen molar-refractivity contribution < 1.29 is 14.3 Å². The minimum absolute atomic E-state index is 0.157. The summed E-state index contributed by atoms with van der Waals surface area (Å²) in [5.41, 5.74) is 1.54. The number of thioether (sulfide) groups is 1. The fraction of sp³-hybridized carbons (Fsp3) is 0.550. The average molecular weight is 375 g/mol. The van der Waals surface area contributed by atoms with E-state index in [1.54, 1.807) is 7.05 Å². The first-order chi connectivity index (χ1) is 12.4. The van der Waals surface area contributed by atoms with Crippen molar-refractivity contribution in [2.75, 3.05) is 19.4 Å². The van der Waals surface area contributed by atoms with Gasteiger partial charge in [0.15, 0.2) is 6.61 Å². The van der Waals surface area contributed by atoms with E-state index < -0.39 is 11.5 Å². The predicted molar refractivity (Wildman–Crippen MR) is 102 cm³/mol. The van der Waals surface area contributed by atoms with Gasteiger partial charge in [0.25, 0.3) is 5.91 Å². The maximum absolute atomic E-state index is 12.4. The van der Waals surface area contributed by atoms with Crippen LogP contribution >= 0.6 is 11.8 Å². The van der Waals surface area contributed by atoms with Crippen molar-refractivity contribution in [3.8, 4) is 6.07 Å². The SMILES string of the molecule is Cc1ccc(SCC(=O)OCC(=O)N(C)C2(C#N)CCCCC2)c(C)c1. The quantitative estimate of drug-likeness (QED) is 0.562. The molecule has 1 aliphatic carbocycles. The Balaban J connectivity index is 1.82. The molecule has 1 aromatic carbocycles. The summed E-state index contributed by atoms with van der Waals surface area (Å²) >= 11 is 1.40. The van der Waals surface area contributed by atoms with Crippen LogP contribution in [0.3, 0.4) is 0 Å². The van der Waals surface area contributed by atoms with Gasteiger partial charge in [-0.05, 0) is 38.3 Å². The molecule has 0 saturated heterocycles. The van der Waals surface area contributed by atoms with Gasteiger partial charge in [-0.2, -0.15) is 5.26 Å². The van der Waals surface area contributed by atoms with E-state index in [0.29, 0.717) is 12.8 Å². The van der Waals surface area contributed by atoms with Gasteiger partial charge < -0.3 is 9.64 Å². The number of carbonyl (C=O) groups excluding carboxylic acids is 2. The first-order valence-electron chi connectivity index (χ1n) is 8.91. The molecular weight excluding hydrogens is 348 g/mol. The monoisotopic (exact) mass is 374 g/mol. The van der Waals surface area contributed by atoms with Gasteiger partial charge in [0, 0.05) is 11.9 Å². The number of hydrogen-bond acceptors (Lipinski definition) is 5. The lowest BCUT2D eigenvalue weighted by Crippen LogP contribution is -2.51. The molecule has 140 valence electrons.